The summed E-state index contributed by atoms with van der Waals surface area (Å²) in [7, 11) is 1.27. The Kier molecular flexibility index (Phi) is 4.59. The lowest BCUT2D eigenvalue weighted by molar-refractivity contribution is -0.148. The van der Waals surface area contributed by atoms with Gasteiger partial charge >= 0.3 is 5.97 Å². The molecule has 1 aromatic carbocycles. The molecular formula is C11H12Cl2O3. The normalized spacial score (nSPS) is 14.3. The predicted octanol–water partition coefficient (Wildman–Crippen LogP) is 2.84. The first-order chi connectivity index (χ1) is 7.45. The zero-order valence-corrected chi connectivity index (χ0v) is 10.4. The van der Waals surface area contributed by atoms with Crippen LogP contribution in [-0.4, -0.2) is 18.2 Å². The first-order valence-corrected chi connectivity index (χ1v) is 5.43. The Morgan fingerprint density at radius 1 is 1.31 bits per heavy atom. The third-order valence-corrected chi connectivity index (χ3v) is 2.71. The second-order valence-corrected chi connectivity index (χ2v) is 4.33. The number of hydrogen-bond donors (Lipinski definition) is 1. The Labute approximate surface area is 104 Å². The van der Waals surface area contributed by atoms with Crippen LogP contribution in [0.1, 0.15) is 18.6 Å². The number of esters is 1. The fraction of sp³-hybridized carbons (Fsp3) is 0.364. The van der Waals surface area contributed by atoms with E-state index in [0.29, 0.717) is 15.6 Å². The summed E-state index contributed by atoms with van der Waals surface area (Å²) in [4.78, 5) is 11.2. The minimum Gasteiger partial charge on any atom is -0.469 e. The van der Waals surface area contributed by atoms with Crippen molar-refractivity contribution in [2.45, 2.75) is 13.0 Å². The molecule has 0 radical (unpaired) electrons. The number of halogens is 2. The SMILES string of the molecule is COC(=O)C(C)C(O)c1cc(Cl)cc(Cl)c1. The molecule has 3 nitrogen and oxygen atoms in total. The minimum atomic E-state index is -0.983. The van der Waals surface area contributed by atoms with Crippen molar-refractivity contribution in [2.24, 2.45) is 5.92 Å². The number of carbonyl (C=O) groups is 1. The van der Waals surface area contributed by atoms with Crippen molar-refractivity contribution >= 4 is 29.2 Å². The molecule has 0 heterocycles. The highest BCUT2D eigenvalue weighted by Crippen LogP contribution is 2.28. The third kappa shape index (κ3) is 3.11. The van der Waals surface area contributed by atoms with Gasteiger partial charge in [-0.2, -0.15) is 0 Å². The van der Waals surface area contributed by atoms with Gasteiger partial charge in [0.05, 0.1) is 19.1 Å². The smallest absolute Gasteiger partial charge is 0.311 e. The molecule has 0 aliphatic rings. The Morgan fingerprint density at radius 2 is 1.81 bits per heavy atom. The summed E-state index contributed by atoms with van der Waals surface area (Å²) >= 11 is 11.6. The molecule has 0 saturated carbocycles. The van der Waals surface area contributed by atoms with Crippen LogP contribution in [0.4, 0.5) is 0 Å². The number of aliphatic hydroxyl groups excluding tert-OH is 1. The molecule has 0 aromatic heterocycles. The molecule has 0 saturated heterocycles. The first kappa shape index (κ1) is 13.3. The van der Waals surface area contributed by atoms with E-state index in [0.717, 1.165) is 0 Å². The average molecular weight is 263 g/mol. The van der Waals surface area contributed by atoms with E-state index in [1.165, 1.54) is 7.11 Å². The number of ether oxygens (including phenoxy) is 1. The maximum absolute atomic E-state index is 11.2. The highest BCUT2D eigenvalue weighted by molar-refractivity contribution is 6.34. The van der Waals surface area contributed by atoms with Crippen molar-refractivity contribution in [3.05, 3.63) is 33.8 Å². The van der Waals surface area contributed by atoms with Gasteiger partial charge < -0.3 is 9.84 Å². The molecule has 0 fully saturated rings. The first-order valence-electron chi connectivity index (χ1n) is 4.67. The van der Waals surface area contributed by atoms with E-state index < -0.39 is 18.0 Å². The fourth-order valence-electron chi connectivity index (χ4n) is 1.35. The summed E-state index contributed by atoms with van der Waals surface area (Å²) in [6.07, 6.45) is -0.983. The highest BCUT2D eigenvalue weighted by atomic mass is 35.5. The molecule has 1 aromatic rings. The molecule has 1 rings (SSSR count). The summed E-state index contributed by atoms with van der Waals surface area (Å²) in [6, 6.07) is 4.69. The summed E-state index contributed by atoms with van der Waals surface area (Å²) in [5, 5.41) is 10.8. The standard InChI is InChI=1S/C11H12Cl2O3/c1-6(11(15)16-2)10(14)7-3-8(12)5-9(13)4-7/h3-6,10,14H,1-2H3. The van der Waals surface area contributed by atoms with Gasteiger partial charge in [-0.3, -0.25) is 4.79 Å². The Bertz CT molecular complexity index is 373. The third-order valence-electron chi connectivity index (χ3n) is 2.27. The van der Waals surface area contributed by atoms with Gasteiger partial charge in [-0.05, 0) is 30.7 Å². The van der Waals surface area contributed by atoms with Gasteiger partial charge in [0, 0.05) is 10.0 Å². The van der Waals surface area contributed by atoms with Gasteiger partial charge in [0.25, 0.3) is 0 Å². The molecule has 0 aliphatic carbocycles. The van der Waals surface area contributed by atoms with E-state index in [1.54, 1.807) is 25.1 Å². The Morgan fingerprint density at radius 3 is 2.25 bits per heavy atom. The second kappa shape index (κ2) is 5.53. The number of methoxy groups -OCH3 is 1. The molecule has 88 valence electrons. The van der Waals surface area contributed by atoms with Crippen molar-refractivity contribution in [1.82, 2.24) is 0 Å². The van der Waals surface area contributed by atoms with Crippen molar-refractivity contribution in [3.8, 4) is 0 Å². The predicted molar refractivity (Wildman–Crippen MR) is 62.6 cm³/mol. The zero-order valence-electron chi connectivity index (χ0n) is 8.91. The van der Waals surface area contributed by atoms with E-state index in [4.69, 9.17) is 23.2 Å². The lowest BCUT2D eigenvalue weighted by Crippen LogP contribution is -2.20. The van der Waals surface area contributed by atoms with E-state index in [9.17, 15) is 9.90 Å². The van der Waals surface area contributed by atoms with Crippen LogP contribution in [-0.2, 0) is 9.53 Å². The molecule has 5 heteroatoms. The lowest BCUT2D eigenvalue weighted by Gasteiger charge is -2.17. The van der Waals surface area contributed by atoms with E-state index >= 15 is 0 Å². The number of benzene rings is 1. The molecule has 0 aliphatic heterocycles. The van der Waals surface area contributed by atoms with E-state index in [2.05, 4.69) is 4.74 Å². The monoisotopic (exact) mass is 262 g/mol. The van der Waals surface area contributed by atoms with Gasteiger partial charge in [-0.25, -0.2) is 0 Å². The minimum absolute atomic E-state index is 0.415. The Balaban J connectivity index is 2.95. The number of aliphatic hydroxyl groups is 1. The summed E-state index contributed by atoms with van der Waals surface area (Å²) < 4.78 is 4.55. The van der Waals surface area contributed by atoms with Gasteiger partial charge in [-0.1, -0.05) is 23.2 Å². The van der Waals surface area contributed by atoms with E-state index in [1.807, 2.05) is 0 Å². The molecule has 2 atom stereocenters. The molecular weight excluding hydrogens is 251 g/mol. The quantitative estimate of drug-likeness (QED) is 0.853. The molecule has 16 heavy (non-hydrogen) atoms. The van der Waals surface area contributed by atoms with Crippen LogP contribution in [0.25, 0.3) is 0 Å². The number of carbonyl (C=O) groups excluding carboxylic acids is 1. The van der Waals surface area contributed by atoms with Gasteiger partial charge in [-0.15, -0.1) is 0 Å². The largest absolute Gasteiger partial charge is 0.469 e. The maximum atomic E-state index is 11.2. The number of rotatable bonds is 3. The molecule has 1 N–H and O–H groups in total. The number of hydrogen-bond acceptors (Lipinski definition) is 3. The summed E-state index contributed by atoms with van der Waals surface area (Å²) in [6.45, 7) is 1.57. The molecule has 0 amide bonds. The topological polar surface area (TPSA) is 46.5 Å². The fourth-order valence-corrected chi connectivity index (χ4v) is 1.89. The van der Waals surface area contributed by atoms with Crippen LogP contribution < -0.4 is 0 Å². The van der Waals surface area contributed by atoms with Gasteiger partial charge in [0.1, 0.15) is 0 Å². The van der Waals surface area contributed by atoms with Crippen molar-refractivity contribution in [2.75, 3.05) is 7.11 Å². The van der Waals surface area contributed by atoms with Crippen molar-refractivity contribution < 1.29 is 14.6 Å². The molecule has 0 bridgehead atoms. The van der Waals surface area contributed by atoms with E-state index in [-0.39, 0.29) is 0 Å². The Hall–Kier alpha value is -0.770. The van der Waals surface area contributed by atoms with Crippen LogP contribution in [0.3, 0.4) is 0 Å². The van der Waals surface area contributed by atoms with Crippen molar-refractivity contribution in [1.29, 1.82) is 0 Å². The van der Waals surface area contributed by atoms with Crippen LogP contribution in [0, 0.1) is 5.92 Å². The highest BCUT2D eigenvalue weighted by Gasteiger charge is 2.24. The molecule has 2 unspecified atom stereocenters. The van der Waals surface area contributed by atoms with Crippen LogP contribution in [0.15, 0.2) is 18.2 Å². The van der Waals surface area contributed by atoms with Crippen LogP contribution in [0.5, 0.6) is 0 Å². The average Bonchev–Trinajstić information content (AvgIpc) is 2.24. The summed E-state index contributed by atoms with van der Waals surface area (Å²) in [5.41, 5.74) is 0.496. The van der Waals surface area contributed by atoms with Crippen molar-refractivity contribution in [3.63, 3.8) is 0 Å². The zero-order chi connectivity index (χ0) is 12.3. The van der Waals surface area contributed by atoms with Gasteiger partial charge in [0.2, 0.25) is 0 Å². The summed E-state index contributed by atoms with van der Waals surface area (Å²) in [5.74, 6) is -1.15. The molecule has 0 spiro atoms. The lowest BCUT2D eigenvalue weighted by atomic mass is 9.98. The van der Waals surface area contributed by atoms with Crippen LogP contribution >= 0.6 is 23.2 Å². The maximum Gasteiger partial charge on any atom is 0.311 e. The van der Waals surface area contributed by atoms with Crippen LogP contribution in [0.2, 0.25) is 10.0 Å². The second-order valence-electron chi connectivity index (χ2n) is 3.46. The van der Waals surface area contributed by atoms with Gasteiger partial charge in [0.15, 0.2) is 0 Å².